The van der Waals surface area contributed by atoms with Gasteiger partial charge in [0.15, 0.2) is 6.73 Å². The lowest BCUT2D eigenvalue weighted by atomic mass is 10.2. The van der Waals surface area contributed by atoms with Gasteiger partial charge >= 0.3 is 5.97 Å². The maximum atomic E-state index is 12.5. The predicted molar refractivity (Wildman–Crippen MR) is 104 cm³/mol. The van der Waals surface area contributed by atoms with Crippen molar-refractivity contribution in [2.45, 2.75) is 24.5 Å². The van der Waals surface area contributed by atoms with Gasteiger partial charge in [-0.1, -0.05) is 17.3 Å². The van der Waals surface area contributed by atoms with E-state index in [4.69, 9.17) is 4.74 Å². The highest BCUT2D eigenvalue weighted by atomic mass is 32.2. The Labute approximate surface area is 166 Å². The molecular weight excluding hydrogens is 396 g/mol. The number of benzene rings is 2. The van der Waals surface area contributed by atoms with Gasteiger partial charge in [0.25, 0.3) is 5.56 Å². The van der Waals surface area contributed by atoms with Gasteiger partial charge in [0.05, 0.1) is 15.8 Å². The molecule has 2 aromatic carbocycles. The first-order valence-corrected chi connectivity index (χ1v) is 10.5. The summed E-state index contributed by atoms with van der Waals surface area (Å²) in [5.41, 5.74) is 0.206. The Morgan fingerprint density at radius 2 is 1.72 bits per heavy atom. The van der Waals surface area contributed by atoms with Gasteiger partial charge in [-0.15, -0.1) is 5.10 Å². The summed E-state index contributed by atoms with van der Waals surface area (Å²) in [6.45, 7) is 0.616. The van der Waals surface area contributed by atoms with Gasteiger partial charge in [-0.25, -0.2) is 13.2 Å². The Hall–Kier alpha value is -3.11. The van der Waals surface area contributed by atoms with Crippen molar-refractivity contribution in [1.82, 2.24) is 19.3 Å². The lowest BCUT2D eigenvalue weighted by Gasteiger charge is -2.15. The molecule has 10 heteroatoms. The van der Waals surface area contributed by atoms with Crippen LogP contribution in [0.1, 0.15) is 23.2 Å². The number of sulfonamides is 1. The van der Waals surface area contributed by atoms with E-state index in [1.54, 1.807) is 24.3 Å². The smallest absolute Gasteiger partial charge is 0.339 e. The maximum Gasteiger partial charge on any atom is 0.339 e. The number of hydrogen-bond acceptors (Lipinski definition) is 7. The molecule has 1 aromatic heterocycles. The maximum absolute atomic E-state index is 12.5. The van der Waals surface area contributed by atoms with Gasteiger partial charge in [0, 0.05) is 13.1 Å². The average Bonchev–Trinajstić information content (AvgIpc) is 3.29. The van der Waals surface area contributed by atoms with Crippen LogP contribution in [0.2, 0.25) is 0 Å². The van der Waals surface area contributed by atoms with Crippen LogP contribution in [0.5, 0.6) is 0 Å². The zero-order chi connectivity index (χ0) is 20.4. The molecule has 0 spiro atoms. The number of fused-ring (bicyclic) bond motifs is 1. The van der Waals surface area contributed by atoms with Gasteiger partial charge in [0.2, 0.25) is 10.0 Å². The SMILES string of the molecule is O=C(OCn1nnc2ccccc2c1=O)c1ccc(S(=O)(=O)N2CCCC2)cc1. The molecule has 0 atom stereocenters. The summed E-state index contributed by atoms with van der Waals surface area (Å²) in [6.07, 6.45) is 1.70. The molecular formula is C19H18N4O5S. The van der Waals surface area contributed by atoms with Crippen LogP contribution in [-0.2, 0) is 21.5 Å². The van der Waals surface area contributed by atoms with Crippen molar-refractivity contribution in [1.29, 1.82) is 0 Å². The van der Waals surface area contributed by atoms with Crippen molar-refractivity contribution in [3.05, 3.63) is 64.4 Å². The van der Waals surface area contributed by atoms with Crippen LogP contribution in [0.3, 0.4) is 0 Å². The van der Waals surface area contributed by atoms with Gasteiger partial charge in [-0.2, -0.15) is 8.99 Å². The van der Waals surface area contributed by atoms with Crippen LogP contribution >= 0.6 is 0 Å². The van der Waals surface area contributed by atoms with Crippen molar-refractivity contribution in [3.63, 3.8) is 0 Å². The fourth-order valence-corrected chi connectivity index (χ4v) is 4.67. The zero-order valence-electron chi connectivity index (χ0n) is 15.4. The zero-order valence-corrected chi connectivity index (χ0v) is 16.2. The average molecular weight is 414 g/mol. The molecule has 3 aromatic rings. The molecule has 2 heterocycles. The van der Waals surface area contributed by atoms with Crippen LogP contribution in [0.25, 0.3) is 10.9 Å². The lowest BCUT2D eigenvalue weighted by molar-refractivity contribution is 0.0336. The van der Waals surface area contributed by atoms with E-state index in [-0.39, 0.29) is 10.5 Å². The Balaban J connectivity index is 1.47. The second kappa shape index (κ2) is 7.72. The van der Waals surface area contributed by atoms with E-state index in [2.05, 4.69) is 10.3 Å². The third kappa shape index (κ3) is 3.76. The highest BCUT2D eigenvalue weighted by Crippen LogP contribution is 2.21. The number of carbonyl (C=O) groups excluding carboxylic acids is 1. The van der Waals surface area contributed by atoms with E-state index in [9.17, 15) is 18.0 Å². The molecule has 1 aliphatic heterocycles. The topological polar surface area (TPSA) is 111 Å². The summed E-state index contributed by atoms with van der Waals surface area (Å²) in [6, 6.07) is 12.3. The summed E-state index contributed by atoms with van der Waals surface area (Å²) in [7, 11) is -3.55. The molecule has 0 N–H and O–H groups in total. The van der Waals surface area contributed by atoms with Crippen LogP contribution in [0.4, 0.5) is 0 Å². The van der Waals surface area contributed by atoms with E-state index in [1.165, 1.54) is 28.6 Å². The number of carbonyl (C=O) groups is 1. The van der Waals surface area contributed by atoms with Crippen LogP contribution in [-0.4, -0.2) is 46.8 Å². The number of rotatable bonds is 5. The molecule has 0 amide bonds. The fourth-order valence-electron chi connectivity index (χ4n) is 3.15. The van der Waals surface area contributed by atoms with Crippen molar-refractivity contribution in [2.24, 2.45) is 0 Å². The quantitative estimate of drug-likeness (QED) is 0.580. The number of ether oxygens (including phenoxy) is 1. The highest BCUT2D eigenvalue weighted by molar-refractivity contribution is 7.89. The molecule has 1 aliphatic rings. The summed E-state index contributed by atoms with van der Waals surface area (Å²) < 4.78 is 32.6. The van der Waals surface area contributed by atoms with Crippen LogP contribution in [0.15, 0.2) is 58.2 Å². The first-order valence-electron chi connectivity index (χ1n) is 9.07. The minimum absolute atomic E-state index is 0.132. The predicted octanol–water partition coefficient (Wildman–Crippen LogP) is 1.39. The summed E-state index contributed by atoms with van der Waals surface area (Å²) in [5.74, 6) is -0.697. The largest absolute Gasteiger partial charge is 0.439 e. The molecule has 29 heavy (non-hydrogen) atoms. The summed E-state index contributed by atoms with van der Waals surface area (Å²) >= 11 is 0. The Bertz CT molecular complexity index is 1220. The number of aromatic nitrogens is 3. The molecule has 1 saturated heterocycles. The van der Waals surface area contributed by atoms with E-state index >= 15 is 0 Å². The second-order valence-electron chi connectivity index (χ2n) is 6.61. The molecule has 0 aliphatic carbocycles. The third-order valence-electron chi connectivity index (χ3n) is 4.74. The Morgan fingerprint density at radius 1 is 1.03 bits per heavy atom. The number of nitrogens with zero attached hydrogens (tertiary/aromatic N) is 4. The molecule has 4 rings (SSSR count). The first-order chi connectivity index (χ1) is 14.0. The van der Waals surface area contributed by atoms with Crippen molar-refractivity contribution in [2.75, 3.05) is 13.1 Å². The van der Waals surface area contributed by atoms with Gasteiger partial charge in [-0.3, -0.25) is 4.79 Å². The Morgan fingerprint density at radius 3 is 2.45 bits per heavy atom. The number of hydrogen-bond donors (Lipinski definition) is 0. The monoisotopic (exact) mass is 414 g/mol. The first kappa shape index (κ1) is 19.2. The van der Waals surface area contributed by atoms with Crippen molar-refractivity contribution < 1.29 is 17.9 Å². The van der Waals surface area contributed by atoms with E-state index in [0.717, 1.165) is 17.5 Å². The molecule has 0 radical (unpaired) electrons. The molecule has 150 valence electrons. The van der Waals surface area contributed by atoms with Crippen LogP contribution in [0, 0.1) is 0 Å². The fraction of sp³-hybridized carbons (Fsp3) is 0.263. The normalized spacial score (nSPS) is 14.9. The molecule has 0 saturated carbocycles. The van der Waals surface area contributed by atoms with E-state index in [1.807, 2.05) is 0 Å². The van der Waals surface area contributed by atoms with Gasteiger partial charge in [-0.05, 0) is 49.2 Å². The van der Waals surface area contributed by atoms with E-state index in [0.29, 0.717) is 24.0 Å². The minimum Gasteiger partial charge on any atom is -0.439 e. The standard InChI is InChI=1S/C19H18N4O5S/c24-18-16-5-1-2-6-17(16)20-21-23(18)13-28-19(25)14-7-9-15(10-8-14)29(26,27)22-11-3-4-12-22/h1-2,5-10H,3-4,11-13H2. The van der Waals surface area contributed by atoms with Crippen molar-refractivity contribution in [3.8, 4) is 0 Å². The number of esters is 1. The Kier molecular flexibility index (Phi) is 5.12. The summed E-state index contributed by atoms with van der Waals surface area (Å²) in [4.78, 5) is 24.8. The highest BCUT2D eigenvalue weighted by Gasteiger charge is 2.27. The van der Waals surface area contributed by atoms with Crippen LogP contribution < -0.4 is 5.56 Å². The lowest BCUT2D eigenvalue weighted by Crippen LogP contribution is -2.28. The minimum atomic E-state index is -3.55. The molecule has 1 fully saturated rings. The third-order valence-corrected chi connectivity index (χ3v) is 6.65. The summed E-state index contributed by atoms with van der Waals surface area (Å²) in [5, 5.41) is 8.04. The van der Waals surface area contributed by atoms with E-state index < -0.39 is 28.3 Å². The molecule has 0 unspecified atom stereocenters. The van der Waals surface area contributed by atoms with Crippen molar-refractivity contribution >= 4 is 26.9 Å². The molecule has 9 nitrogen and oxygen atoms in total. The van der Waals surface area contributed by atoms with Gasteiger partial charge < -0.3 is 4.74 Å². The second-order valence-corrected chi connectivity index (χ2v) is 8.55. The van der Waals surface area contributed by atoms with Gasteiger partial charge in [0.1, 0.15) is 5.52 Å². The molecule has 0 bridgehead atoms.